The Hall–Kier alpha value is -2.50. The van der Waals surface area contributed by atoms with Gasteiger partial charge in [-0.1, -0.05) is 41.7 Å². The molecule has 2 aromatic carbocycles. The Morgan fingerprint density at radius 3 is 2.65 bits per heavy atom. The molecule has 0 atom stereocenters. The fraction of sp³-hybridized carbons (Fsp3) is 0.238. The lowest BCUT2D eigenvalue weighted by atomic mass is 10.1. The summed E-state index contributed by atoms with van der Waals surface area (Å²) in [5.41, 5.74) is 4.53. The van der Waals surface area contributed by atoms with Crippen molar-refractivity contribution in [3.8, 4) is 0 Å². The molecule has 0 bridgehead atoms. The lowest BCUT2D eigenvalue weighted by Crippen LogP contribution is -2.19. The molecule has 0 saturated carbocycles. The van der Waals surface area contributed by atoms with Crippen LogP contribution in [0.25, 0.3) is 16.3 Å². The minimum absolute atomic E-state index is 0.264. The van der Waals surface area contributed by atoms with Gasteiger partial charge in [0, 0.05) is 19.7 Å². The highest BCUT2D eigenvalue weighted by Gasteiger charge is 2.09. The van der Waals surface area contributed by atoms with Gasteiger partial charge in [-0.25, -0.2) is 0 Å². The molecular weight excluding hydrogens is 344 g/mol. The van der Waals surface area contributed by atoms with Gasteiger partial charge in [0.25, 0.3) is 5.91 Å². The molecule has 0 saturated heterocycles. The van der Waals surface area contributed by atoms with Crippen molar-refractivity contribution in [3.63, 3.8) is 0 Å². The Labute approximate surface area is 157 Å². The molecule has 3 rings (SSSR count). The molecule has 0 spiro atoms. The van der Waals surface area contributed by atoms with E-state index in [1.807, 2.05) is 30.3 Å². The van der Waals surface area contributed by atoms with E-state index in [-0.39, 0.29) is 5.91 Å². The average molecular weight is 366 g/mol. The minimum Gasteiger partial charge on any atom is -0.383 e. The number of fused-ring (bicyclic) bond motifs is 1. The number of aryl methyl sites for hydroxylation is 2. The molecule has 1 amide bonds. The normalized spacial score (nSPS) is 12.3. The van der Waals surface area contributed by atoms with Gasteiger partial charge in [-0.3, -0.25) is 4.79 Å². The van der Waals surface area contributed by atoms with Crippen LogP contribution in [0.2, 0.25) is 0 Å². The summed E-state index contributed by atoms with van der Waals surface area (Å²) in [6.07, 6.45) is 3.30. The molecule has 0 radical (unpaired) electrons. The minimum atomic E-state index is -0.264. The van der Waals surface area contributed by atoms with E-state index in [1.165, 1.54) is 28.5 Å². The Bertz CT molecular complexity index is 1010. The van der Waals surface area contributed by atoms with E-state index in [4.69, 9.17) is 4.74 Å². The summed E-state index contributed by atoms with van der Waals surface area (Å²) in [6.45, 7) is 5.42. The summed E-state index contributed by atoms with van der Waals surface area (Å²) < 4.78 is 8.41. The number of benzene rings is 2. The Kier molecular flexibility index (Phi) is 5.81. The number of thiazole rings is 1. The highest BCUT2D eigenvalue weighted by molar-refractivity contribution is 7.16. The molecule has 0 aliphatic carbocycles. The summed E-state index contributed by atoms with van der Waals surface area (Å²) >= 11 is 1.53. The van der Waals surface area contributed by atoms with Crippen LogP contribution >= 0.6 is 11.3 Å². The maximum Gasteiger partial charge on any atom is 0.272 e. The first-order valence-corrected chi connectivity index (χ1v) is 9.31. The van der Waals surface area contributed by atoms with Gasteiger partial charge in [0.15, 0.2) is 4.80 Å². The lowest BCUT2D eigenvalue weighted by molar-refractivity contribution is -0.113. The predicted molar refractivity (Wildman–Crippen MR) is 107 cm³/mol. The van der Waals surface area contributed by atoms with E-state index < -0.39 is 0 Å². The molecule has 3 aromatic rings. The summed E-state index contributed by atoms with van der Waals surface area (Å²) in [5, 5.41) is 0. The maximum atomic E-state index is 12.3. The molecule has 1 aromatic heterocycles. The fourth-order valence-electron chi connectivity index (χ4n) is 2.67. The van der Waals surface area contributed by atoms with Crippen LogP contribution in [0.15, 0.2) is 53.5 Å². The number of aromatic nitrogens is 1. The van der Waals surface area contributed by atoms with Crippen molar-refractivity contribution in [3.05, 3.63) is 70.0 Å². The molecule has 0 fully saturated rings. The second-order valence-corrected chi connectivity index (χ2v) is 7.14. The van der Waals surface area contributed by atoms with Crippen LogP contribution in [0.5, 0.6) is 0 Å². The van der Waals surface area contributed by atoms with Crippen molar-refractivity contribution in [1.29, 1.82) is 0 Å². The predicted octanol–water partition coefficient (Wildman–Crippen LogP) is 4.11. The third-order valence-corrected chi connectivity index (χ3v) is 5.28. The van der Waals surface area contributed by atoms with Crippen molar-refractivity contribution in [1.82, 2.24) is 4.57 Å². The van der Waals surface area contributed by atoms with Crippen LogP contribution < -0.4 is 4.80 Å². The van der Waals surface area contributed by atoms with Crippen LogP contribution in [-0.2, 0) is 16.1 Å². The Balaban J connectivity index is 2.00. The fourth-order valence-corrected chi connectivity index (χ4v) is 3.81. The number of rotatable bonds is 5. The van der Waals surface area contributed by atoms with Gasteiger partial charge in [-0.05, 0) is 48.7 Å². The smallest absolute Gasteiger partial charge is 0.272 e. The first kappa shape index (κ1) is 18.3. The summed E-state index contributed by atoms with van der Waals surface area (Å²) in [6, 6.07) is 14.0. The van der Waals surface area contributed by atoms with Gasteiger partial charge in [0.05, 0.1) is 16.8 Å². The lowest BCUT2D eigenvalue weighted by Gasteiger charge is -2.06. The zero-order chi connectivity index (χ0) is 18.5. The standard InChI is InChI=1S/C21H22N2O2S/c1-15-13-18-19(14-16(15)2)26-21(23(18)11-12-25-3)22-20(24)10-9-17-7-5-4-6-8-17/h4-10,13-14H,11-12H2,1-3H3. The summed E-state index contributed by atoms with van der Waals surface area (Å²) in [7, 11) is 1.68. The zero-order valence-corrected chi connectivity index (χ0v) is 16.0. The number of hydrogen-bond donors (Lipinski definition) is 0. The zero-order valence-electron chi connectivity index (χ0n) is 15.2. The second kappa shape index (κ2) is 8.25. The second-order valence-electron chi connectivity index (χ2n) is 6.13. The molecular formula is C21H22N2O2S. The number of hydrogen-bond acceptors (Lipinski definition) is 3. The molecule has 1 heterocycles. The number of amides is 1. The van der Waals surface area contributed by atoms with Gasteiger partial charge in [-0.2, -0.15) is 4.99 Å². The van der Waals surface area contributed by atoms with E-state index in [1.54, 1.807) is 13.2 Å². The first-order chi connectivity index (χ1) is 12.6. The number of ether oxygens (including phenoxy) is 1. The third kappa shape index (κ3) is 4.18. The van der Waals surface area contributed by atoms with Crippen LogP contribution in [0.1, 0.15) is 16.7 Å². The van der Waals surface area contributed by atoms with Crippen molar-refractivity contribution in [2.75, 3.05) is 13.7 Å². The van der Waals surface area contributed by atoms with Gasteiger partial charge in [0.2, 0.25) is 0 Å². The Morgan fingerprint density at radius 1 is 1.19 bits per heavy atom. The molecule has 0 unspecified atom stereocenters. The van der Waals surface area contributed by atoms with Crippen LogP contribution in [-0.4, -0.2) is 24.2 Å². The van der Waals surface area contributed by atoms with Crippen LogP contribution in [0.4, 0.5) is 0 Å². The van der Waals surface area contributed by atoms with Gasteiger partial charge >= 0.3 is 0 Å². The summed E-state index contributed by atoms with van der Waals surface area (Å²) in [4.78, 5) is 17.4. The number of carbonyl (C=O) groups excluding carboxylic acids is 1. The van der Waals surface area contributed by atoms with E-state index in [2.05, 4.69) is 35.5 Å². The highest BCUT2D eigenvalue weighted by Crippen LogP contribution is 2.22. The monoisotopic (exact) mass is 366 g/mol. The molecule has 4 nitrogen and oxygen atoms in total. The van der Waals surface area contributed by atoms with Crippen molar-refractivity contribution < 1.29 is 9.53 Å². The highest BCUT2D eigenvalue weighted by atomic mass is 32.1. The van der Waals surface area contributed by atoms with Gasteiger partial charge in [-0.15, -0.1) is 0 Å². The molecule has 26 heavy (non-hydrogen) atoms. The maximum absolute atomic E-state index is 12.3. The molecule has 134 valence electrons. The third-order valence-electron chi connectivity index (χ3n) is 4.24. The molecule has 0 aliphatic rings. The quantitative estimate of drug-likeness (QED) is 0.638. The average Bonchev–Trinajstić information content (AvgIpc) is 2.95. The van der Waals surface area contributed by atoms with Crippen molar-refractivity contribution >= 4 is 33.5 Å². The van der Waals surface area contributed by atoms with Crippen molar-refractivity contribution in [2.45, 2.75) is 20.4 Å². The van der Waals surface area contributed by atoms with Gasteiger partial charge in [0.1, 0.15) is 0 Å². The topological polar surface area (TPSA) is 43.6 Å². The Morgan fingerprint density at radius 2 is 1.92 bits per heavy atom. The number of methoxy groups -OCH3 is 1. The molecule has 5 heteroatoms. The molecule has 0 N–H and O–H groups in total. The van der Waals surface area contributed by atoms with Crippen LogP contribution in [0, 0.1) is 13.8 Å². The first-order valence-electron chi connectivity index (χ1n) is 8.50. The summed E-state index contributed by atoms with van der Waals surface area (Å²) in [5.74, 6) is -0.264. The van der Waals surface area contributed by atoms with Crippen LogP contribution in [0.3, 0.4) is 0 Å². The molecule has 0 aliphatic heterocycles. The van der Waals surface area contributed by atoms with E-state index >= 15 is 0 Å². The van der Waals surface area contributed by atoms with E-state index in [9.17, 15) is 4.79 Å². The van der Waals surface area contributed by atoms with E-state index in [0.717, 1.165) is 15.8 Å². The van der Waals surface area contributed by atoms with E-state index in [0.29, 0.717) is 18.0 Å². The SMILES string of the molecule is COCCn1c(=NC(=O)C=Cc2ccccc2)sc2cc(C)c(C)cc21. The largest absolute Gasteiger partial charge is 0.383 e. The number of nitrogens with zero attached hydrogens (tertiary/aromatic N) is 2. The number of carbonyl (C=O) groups is 1. The van der Waals surface area contributed by atoms with Gasteiger partial charge < -0.3 is 9.30 Å². The van der Waals surface area contributed by atoms with Crippen molar-refractivity contribution in [2.24, 2.45) is 4.99 Å².